The Morgan fingerprint density at radius 1 is 1.14 bits per heavy atom. The Hall–Kier alpha value is -1.96. The normalized spacial score (nSPS) is 10.9. The first-order chi connectivity index (χ1) is 14.1. The van der Waals surface area contributed by atoms with Crippen molar-refractivity contribution in [3.8, 4) is 11.3 Å². The SMILES string of the molecule is COCCOCC(=O)N(Cc1ccccc1)c1nc(-c2ccc(Cl)cc2Cl)cs1. The number of benzene rings is 2. The summed E-state index contributed by atoms with van der Waals surface area (Å²) >= 11 is 13.7. The molecule has 8 heteroatoms. The number of hydrogen-bond acceptors (Lipinski definition) is 5. The maximum absolute atomic E-state index is 12.9. The predicted molar refractivity (Wildman–Crippen MR) is 118 cm³/mol. The van der Waals surface area contributed by atoms with E-state index >= 15 is 0 Å². The number of anilines is 1. The zero-order valence-electron chi connectivity index (χ0n) is 15.8. The highest BCUT2D eigenvalue weighted by Gasteiger charge is 2.21. The van der Waals surface area contributed by atoms with E-state index in [1.54, 1.807) is 24.1 Å². The van der Waals surface area contributed by atoms with E-state index in [-0.39, 0.29) is 12.5 Å². The van der Waals surface area contributed by atoms with Crippen LogP contribution in [0.5, 0.6) is 0 Å². The maximum Gasteiger partial charge on any atom is 0.255 e. The van der Waals surface area contributed by atoms with Crippen LogP contribution in [0, 0.1) is 0 Å². The molecule has 3 rings (SSSR count). The average molecular weight is 451 g/mol. The standard InChI is InChI=1S/C21H20Cl2N2O3S/c1-27-9-10-28-13-20(26)25(12-15-5-3-2-4-6-15)21-24-19(14-29-21)17-8-7-16(22)11-18(17)23/h2-8,11,14H,9-10,12-13H2,1H3. The van der Waals surface area contributed by atoms with Crippen LogP contribution < -0.4 is 4.90 Å². The Morgan fingerprint density at radius 3 is 2.66 bits per heavy atom. The van der Waals surface area contributed by atoms with Crippen LogP contribution in [0.1, 0.15) is 5.56 Å². The van der Waals surface area contributed by atoms with Crippen LogP contribution in [0.15, 0.2) is 53.9 Å². The maximum atomic E-state index is 12.9. The van der Waals surface area contributed by atoms with Gasteiger partial charge in [0.2, 0.25) is 0 Å². The lowest BCUT2D eigenvalue weighted by Gasteiger charge is -2.20. The van der Waals surface area contributed by atoms with Gasteiger partial charge in [0, 0.05) is 23.1 Å². The van der Waals surface area contributed by atoms with E-state index in [1.165, 1.54) is 11.3 Å². The van der Waals surface area contributed by atoms with Crippen molar-refractivity contribution in [2.45, 2.75) is 6.54 Å². The third kappa shape index (κ3) is 6.01. The molecule has 2 aromatic carbocycles. The summed E-state index contributed by atoms with van der Waals surface area (Å²) in [6.45, 7) is 1.13. The van der Waals surface area contributed by atoms with E-state index in [1.807, 2.05) is 41.8 Å². The van der Waals surface area contributed by atoms with Gasteiger partial charge in [0.05, 0.1) is 30.5 Å². The predicted octanol–water partition coefficient (Wildman–Crippen LogP) is 5.31. The minimum Gasteiger partial charge on any atom is -0.382 e. The zero-order chi connectivity index (χ0) is 20.6. The third-order valence-corrected chi connectivity index (χ3v) is 5.48. The minimum atomic E-state index is -0.173. The smallest absolute Gasteiger partial charge is 0.255 e. The summed E-state index contributed by atoms with van der Waals surface area (Å²) in [6, 6.07) is 15.0. The second-order valence-electron chi connectivity index (χ2n) is 6.15. The van der Waals surface area contributed by atoms with Gasteiger partial charge >= 0.3 is 0 Å². The number of methoxy groups -OCH3 is 1. The first-order valence-electron chi connectivity index (χ1n) is 8.90. The Labute approximate surface area is 183 Å². The Balaban J connectivity index is 1.83. The van der Waals surface area contributed by atoms with Gasteiger partial charge in [-0.15, -0.1) is 11.3 Å². The number of thiazole rings is 1. The first-order valence-corrected chi connectivity index (χ1v) is 10.5. The van der Waals surface area contributed by atoms with Gasteiger partial charge < -0.3 is 9.47 Å². The van der Waals surface area contributed by atoms with Gasteiger partial charge in [0.1, 0.15) is 6.61 Å². The lowest BCUT2D eigenvalue weighted by Crippen LogP contribution is -2.33. The van der Waals surface area contributed by atoms with Crippen LogP contribution in [-0.4, -0.2) is 37.8 Å². The molecular weight excluding hydrogens is 431 g/mol. The molecule has 0 aliphatic heterocycles. The molecule has 3 aromatic rings. The van der Waals surface area contributed by atoms with Crippen LogP contribution >= 0.6 is 34.5 Å². The number of amides is 1. The van der Waals surface area contributed by atoms with Gasteiger partial charge in [0.25, 0.3) is 5.91 Å². The number of halogens is 2. The molecule has 0 spiro atoms. The molecule has 0 atom stereocenters. The number of carbonyl (C=O) groups is 1. The van der Waals surface area contributed by atoms with Crippen LogP contribution in [0.2, 0.25) is 10.0 Å². The molecule has 1 amide bonds. The summed E-state index contributed by atoms with van der Waals surface area (Å²) in [7, 11) is 1.59. The minimum absolute atomic E-state index is 0.0488. The van der Waals surface area contributed by atoms with Crippen molar-refractivity contribution in [1.82, 2.24) is 4.98 Å². The molecule has 0 unspecified atom stereocenters. The molecule has 0 aliphatic rings. The number of ether oxygens (including phenoxy) is 2. The molecule has 0 bridgehead atoms. The molecule has 0 aliphatic carbocycles. The van der Waals surface area contributed by atoms with Gasteiger partial charge in [0.15, 0.2) is 5.13 Å². The number of aromatic nitrogens is 1. The van der Waals surface area contributed by atoms with Crippen molar-refractivity contribution in [2.24, 2.45) is 0 Å². The fraction of sp³-hybridized carbons (Fsp3) is 0.238. The fourth-order valence-electron chi connectivity index (χ4n) is 2.62. The molecule has 5 nitrogen and oxygen atoms in total. The van der Waals surface area contributed by atoms with Crippen LogP contribution in [0.4, 0.5) is 5.13 Å². The summed E-state index contributed by atoms with van der Waals surface area (Å²) in [5.74, 6) is -0.173. The number of carbonyl (C=O) groups excluding carboxylic acids is 1. The highest BCUT2D eigenvalue weighted by molar-refractivity contribution is 7.14. The van der Waals surface area contributed by atoms with Crippen molar-refractivity contribution in [3.63, 3.8) is 0 Å². The summed E-state index contributed by atoms with van der Waals surface area (Å²) in [4.78, 5) is 19.1. The summed E-state index contributed by atoms with van der Waals surface area (Å²) in [6.07, 6.45) is 0. The van der Waals surface area contributed by atoms with Crippen LogP contribution in [0.25, 0.3) is 11.3 Å². The van der Waals surface area contributed by atoms with Gasteiger partial charge in [-0.25, -0.2) is 4.98 Å². The van der Waals surface area contributed by atoms with E-state index in [2.05, 4.69) is 4.98 Å². The molecular formula is C21H20Cl2N2O3S. The third-order valence-electron chi connectivity index (χ3n) is 4.07. The number of hydrogen-bond donors (Lipinski definition) is 0. The van der Waals surface area contributed by atoms with E-state index in [0.29, 0.717) is 40.6 Å². The molecule has 0 radical (unpaired) electrons. The molecule has 29 heavy (non-hydrogen) atoms. The molecule has 0 saturated carbocycles. The molecule has 0 fully saturated rings. The summed E-state index contributed by atoms with van der Waals surface area (Å²) in [5, 5.41) is 3.53. The first kappa shape index (κ1) is 21.7. The van der Waals surface area contributed by atoms with E-state index < -0.39 is 0 Å². The Bertz CT molecular complexity index is 950. The zero-order valence-corrected chi connectivity index (χ0v) is 18.1. The highest BCUT2D eigenvalue weighted by Crippen LogP contribution is 2.34. The van der Waals surface area contributed by atoms with Crippen molar-refractivity contribution in [2.75, 3.05) is 31.8 Å². The molecule has 0 N–H and O–H groups in total. The topological polar surface area (TPSA) is 51.7 Å². The molecule has 152 valence electrons. The average Bonchev–Trinajstić information content (AvgIpc) is 3.19. The highest BCUT2D eigenvalue weighted by atomic mass is 35.5. The van der Waals surface area contributed by atoms with Gasteiger partial charge in [-0.3, -0.25) is 9.69 Å². The van der Waals surface area contributed by atoms with Crippen molar-refractivity contribution in [3.05, 3.63) is 69.5 Å². The van der Waals surface area contributed by atoms with Crippen molar-refractivity contribution < 1.29 is 14.3 Å². The molecule has 1 aromatic heterocycles. The number of nitrogens with zero attached hydrogens (tertiary/aromatic N) is 2. The Morgan fingerprint density at radius 2 is 1.93 bits per heavy atom. The van der Waals surface area contributed by atoms with Gasteiger partial charge in [-0.1, -0.05) is 53.5 Å². The van der Waals surface area contributed by atoms with Gasteiger partial charge in [-0.2, -0.15) is 0 Å². The quantitative estimate of drug-likeness (QED) is 0.414. The van der Waals surface area contributed by atoms with Crippen LogP contribution in [-0.2, 0) is 20.8 Å². The monoisotopic (exact) mass is 450 g/mol. The Kier molecular flexibility index (Phi) is 8.03. The van der Waals surface area contributed by atoms with E-state index in [0.717, 1.165) is 11.1 Å². The number of rotatable bonds is 9. The van der Waals surface area contributed by atoms with Crippen molar-refractivity contribution in [1.29, 1.82) is 0 Å². The van der Waals surface area contributed by atoms with Crippen molar-refractivity contribution >= 4 is 45.6 Å². The molecule has 1 heterocycles. The fourth-order valence-corrected chi connectivity index (χ4v) is 3.96. The van der Waals surface area contributed by atoms with E-state index in [9.17, 15) is 4.79 Å². The van der Waals surface area contributed by atoms with Gasteiger partial charge in [-0.05, 0) is 23.8 Å². The summed E-state index contributed by atoms with van der Waals surface area (Å²) < 4.78 is 10.4. The van der Waals surface area contributed by atoms with Crippen LogP contribution in [0.3, 0.4) is 0 Å². The lowest BCUT2D eigenvalue weighted by atomic mass is 10.2. The second-order valence-corrected chi connectivity index (χ2v) is 7.83. The largest absolute Gasteiger partial charge is 0.382 e. The molecule has 0 saturated heterocycles. The lowest BCUT2D eigenvalue weighted by molar-refractivity contribution is -0.123. The summed E-state index contributed by atoms with van der Waals surface area (Å²) in [5.41, 5.74) is 2.46. The second kappa shape index (κ2) is 10.7. The van der Waals surface area contributed by atoms with E-state index in [4.69, 9.17) is 32.7 Å².